The number of rotatable bonds is 3. The van der Waals surface area contributed by atoms with Crippen molar-refractivity contribution >= 4 is 5.69 Å². The van der Waals surface area contributed by atoms with Crippen LogP contribution in [-0.2, 0) is 11.4 Å². The predicted molar refractivity (Wildman–Crippen MR) is 49.3 cm³/mol. The Labute approximate surface area is 76.9 Å². The molecule has 0 saturated heterocycles. The van der Waals surface area contributed by atoms with Crippen LogP contribution >= 0.6 is 0 Å². The van der Waals surface area contributed by atoms with E-state index in [4.69, 9.17) is 10.6 Å². The lowest BCUT2D eigenvalue weighted by atomic mass is 10.2. The largest absolute Gasteiger partial charge is 0.396 e. The zero-order valence-electron chi connectivity index (χ0n) is 7.75. The van der Waals surface area contributed by atoms with Crippen LogP contribution in [0.1, 0.15) is 5.56 Å². The molecule has 0 atom stereocenters. The summed E-state index contributed by atoms with van der Waals surface area (Å²) in [7, 11) is 3.34. The van der Waals surface area contributed by atoms with E-state index in [1.54, 1.807) is 31.4 Å². The highest BCUT2D eigenvalue weighted by molar-refractivity contribution is 5.41. The molecule has 0 spiro atoms. The van der Waals surface area contributed by atoms with E-state index in [1.807, 2.05) is 0 Å². The number of hydrogen-bond donors (Lipinski definition) is 1. The van der Waals surface area contributed by atoms with Crippen LogP contribution in [0, 0.1) is 5.82 Å². The molecule has 0 bridgehead atoms. The lowest BCUT2D eigenvalue weighted by Crippen LogP contribution is -2.15. The fourth-order valence-corrected chi connectivity index (χ4v) is 0.991. The predicted octanol–water partition coefficient (Wildman–Crippen LogP) is 1.40. The zero-order chi connectivity index (χ0) is 9.84. The Balaban J connectivity index is 2.73. The van der Waals surface area contributed by atoms with Crippen LogP contribution in [0.25, 0.3) is 0 Å². The average molecular weight is 184 g/mol. The van der Waals surface area contributed by atoms with Crippen LogP contribution in [0.4, 0.5) is 10.1 Å². The van der Waals surface area contributed by atoms with Gasteiger partial charge in [-0.05, 0) is 17.7 Å². The molecular weight excluding hydrogens is 171 g/mol. The standard InChI is InChI=1S/C9H13FN2O/c1-12(13-2)6-7-3-4-9(11)8(10)5-7/h3-5H,6,11H2,1-2H3. The topological polar surface area (TPSA) is 38.5 Å². The molecule has 72 valence electrons. The van der Waals surface area contributed by atoms with Crippen molar-refractivity contribution in [1.82, 2.24) is 5.06 Å². The van der Waals surface area contributed by atoms with Gasteiger partial charge >= 0.3 is 0 Å². The van der Waals surface area contributed by atoms with Gasteiger partial charge in [0, 0.05) is 13.6 Å². The van der Waals surface area contributed by atoms with Crippen LogP contribution in [0.5, 0.6) is 0 Å². The van der Waals surface area contributed by atoms with Gasteiger partial charge in [-0.15, -0.1) is 0 Å². The Bertz CT molecular complexity index is 291. The highest BCUT2D eigenvalue weighted by Gasteiger charge is 2.02. The first kappa shape index (κ1) is 9.95. The maximum absolute atomic E-state index is 12.9. The molecule has 0 unspecified atom stereocenters. The number of benzene rings is 1. The summed E-state index contributed by atoms with van der Waals surface area (Å²) in [4.78, 5) is 4.90. The third kappa shape index (κ3) is 2.68. The third-order valence-corrected chi connectivity index (χ3v) is 1.78. The highest BCUT2D eigenvalue weighted by Crippen LogP contribution is 2.12. The lowest BCUT2D eigenvalue weighted by Gasteiger charge is -2.13. The summed E-state index contributed by atoms with van der Waals surface area (Å²) >= 11 is 0. The minimum Gasteiger partial charge on any atom is -0.396 e. The minimum absolute atomic E-state index is 0.170. The first-order valence-corrected chi connectivity index (χ1v) is 3.92. The van der Waals surface area contributed by atoms with Crippen molar-refractivity contribution in [1.29, 1.82) is 0 Å². The van der Waals surface area contributed by atoms with Gasteiger partial charge in [-0.2, -0.15) is 5.06 Å². The fourth-order valence-electron chi connectivity index (χ4n) is 0.991. The van der Waals surface area contributed by atoms with Crippen LogP contribution in [0.3, 0.4) is 0 Å². The Morgan fingerprint density at radius 2 is 2.23 bits per heavy atom. The third-order valence-electron chi connectivity index (χ3n) is 1.78. The first-order valence-electron chi connectivity index (χ1n) is 3.92. The number of nitrogens with two attached hydrogens (primary N) is 1. The van der Waals surface area contributed by atoms with Crippen molar-refractivity contribution < 1.29 is 9.23 Å². The van der Waals surface area contributed by atoms with Crippen molar-refractivity contribution in [3.05, 3.63) is 29.6 Å². The van der Waals surface area contributed by atoms with Crippen molar-refractivity contribution in [3.63, 3.8) is 0 Å². The number of hydroxylamine groups is 2. The molecule has 1 aromatic rings. The molecule has 0 aliphatic rings. The van der Waals surface area contributed by atoms with Crippen LogP contribution in [0.2, 0.25) is 0 Å². The van der Waals surface area contributed by atoms with Gasteiger partial charge in [-0.3, -0.25) is 0 Å². The van der Waals surface area contributed by atoms with Crippen LogP contribution in [0.15, 0.2) is 18.2 Å². The van der Waals surface area contributed by atoms with E-state index in [1.165, 1.54) is 6.07 Å². The molecule has 0 amide bonds. The second-order valence-electron chi connectivity index (χ2n) is 2.82. The van der Waals surface area contributed by atoms with E-state index in [2.05, 4.69) is 0 Å². The Kier molecular flexibility index (Phi) is 3.22. The monoisotopic (exact) mass is 184 g/mol. The molecule has 0 saturated carbocycles. The van der Waals surface area contributed by atoms with Gasteiger partial charge in [0.25, 0.3) is 0 Å². The van der Waals surface area contributed by atoms with Crippen LogP contribution < -0.4 is 5.73 Å². The minimum atomic E-state index is -0.387. The second-order valence-corrected chi connectivity index (χ2v) is 2.82. The molecule has 0 fully saturated rings. The Morgan fingerprint density at radius 3 is 2.77 bits per heavy atom. The molecule has 13 heavy (non-hydrogen) atoms. The molecule has 1 aromatic carbocycles. The van der Waals surface area contributed by atoms with Gasteiger partial charge in [0.05, 0.1) is 12.8 Å². The van der Waals surface area contributed by atoms with Gasteiger partial charge in [0.15, 0.2) is 0 Å². The highest BCUT2D eigenvalue weighted by atomic mass is 19.1. The smallest absolute Gasteiger partial charge is 0.146 e. The van der Waals surface area contributed by atoms with E-state index in [9.17, 15) is 4.39 Å². The molecule has 0 aliphatic heterocycles. The Hall–Kier alpha value is -1.13. The number of hydrogen-bond acceptors (Lipinski definition) is 3. The summed E-state index contributed by atoms with van der Waals surface area (Å²) in [5.74, 6) is -0.387. The number of nitrogen functional groups attached to an aromatic ring is 1. The Morgan fingerprint density at radius 1 is 1.54 bits per heavy atom. The summed E-state index contributed by atoms with van der Waals surface area (Å²) in [5, 5.41) is 1.60. The fraction of sp³-hybridized carbons (Fsp3) is 0.333. The maximum atomic E-state index is 12.9. The summed E-state index contributed by atoms with van der Waals surface area (Å²) in [6, 6.07) is 4.73. The SMILES string of the molecule is CON(C)Cc1ccc(N)c(F)c1. The summed E-state index contributed by atoms with van der Waals surface area (Å²) in [5.41, 5.74) is 6.33. The van der Waals surface area contributed by atoms with E-state index >= 15 is 0 Å². The average Bonchev–Trinajstić information content (AvgIpc) is 2.11. The van der Waals surface area contributed by atoms with Crippen molar-refractivity contribution in [2.24, 2.45) is 0 Å². The zero-order valence-corrected chi connectivity index (χ0v) is 7.75. The van der Waals surface area contributed by atoms with Crippen molar-refractivity contribution in [3.8, 4) is 0 Å². The van der Waals surface area contributed by atoms with E-state index < -0.39 is 0 Å². The van der Waals surface area contributed by atoms with E-state index in [0.717, 1.165) is 5.56 Å². The van der Waals surface area contributed by atoms with Gasteiger partial charge in [0.1, 0.15) is 5.82 Å². The molecule has 0 heterocycles. The number of nitrogens with zero attached hydrogens (tertiary/aromatic N) is 1. The quantitative estimate of drug-likeness (QED) is 0.570. The molecule has 1 rings (SSSR count). The molecule has 2 N–H and O–H groups in total. The van der Waals surface area contributed by atoms with E-state index in [0.29, 0.717) is 6.54 Å². The van der Waals surface area contributed by atoms with Crippen molar-refractivity contribution in [2.75, 3.05) is 19.9 Å². The van der Waals surface area contributed by atoms with Crippen molar-refractivity contribution in [2.45, 2.75) is 6.54 Å². The lowest BCUT2D eigenvalue weighted by molar-refractivity contribution is -0.116. The number of halogens is 1. The van der Waals surface area contributed by atoms with Gasteiger partial charge in [-0.25, -0.2) is 4.39 Å². The summed E-state index contributed by atoms with van der Waals surface area (Å²) in [6.07, 6.45) is 0. The molecule has 0 aromatic heterocycles. The summed E-state index contributed by atoms with van der Waals surface area (Å²) in [6.45, 7) is 0.535. The van der Waals surface area contributed by atoms with E-state index in [-0.39, 0.29) is 11.5 Å². The normalized spacial score (nSPS) is 10.8. The molecule has 0 aliphatic carbocycles. The van der Waals surface area contributed by atoms with Gasteiger partial charge < -0.3 is 10.6 Å². The molecule has 0 radical (unpaired) electrons. The second kappa shape index (κ2) is 4.20. The van der Waals surface area contributed by atoms with Gasteiger partial charge in [0.2, 0.25) is 0 Å². The molecular formula is C9H13FN2O. The van der Waals surface area contributed by atoms with Crippen LogP contribution in [-0.4, -0.2) is 19.2 Å². The first-order chi connectivity index (χ1) is 6.13. The molecule has 4 heteroatoms. The molecule has 3 nitrogen and oxygen atoms in total. The summed E-state index contributed by atoms with van der Waals surface area (Å²) < 4.78 is 12.9. The van der Waals surface area contributed by atoms with Gasteiger partial charge in [-0.1, -0.05) is 6.07 Å². The maximum Gasteiger partial charge on any atom is 0.146 e. The number of anilines is 1.